The van der Waals surface area contributed by atoms with Crippen LogP contribution in [0.15, 0.2) is 30.6 Å². The summed E-state index contributed by atoms with van der Waals surface area (Å²) in [4.78, 5) is 4.13. The van der Waals surface area contributed by atoms with Crippen LogP contribution >= 0.6 is 0 Å². The van der Waals surface area contributed by atoms with Gasteiger partial charge in [0.1, 0.15) is 0 Å². The first-order chi connectivity index (χ1) is 8.84. The summed E-state index contributed by atoms with van der Waals surface area (Å²) < 4.78 is 5.37. The number of aromatic nitrogens is 1. The summed E-state index contributed by atoms with van der Waals surface area (Å²) in [6, 6.07) is 6.48. The molecule has 94 valence electrons. The number of anilines is 2. The van der Waals surface area contributed by atoms with Gasteiger partial charge in [-0.1, -0.05) is 0 Å². The van der Waals surface area contributed by atoms with E-state index in [-0.39, 0.29) is 0 Å². The van der Waals surface area contributed by atoms with Crippen LogP contribution in [0.25, 0.3) is 10.8 Å². The van der Waals surface area contributed by atoms with E-state index in [1.807, 2.05) is 24.4 Å². The number of nitrogens with one attached hydrogen (secondary N) is 1. The van der Waals surface area contributed by atoms with Crippen molar-refractivity contribution in [1.29, 1.82) is 0 Å². The van der Waals surface area contributed by atoms with Crippen molar-refractivity contribution < 1.29 is 4.74 Å². The van der Waals surface area contributed by atoms with Gasteiger partial charge in [-0.15, -0.1) is 0 Å². The monoisotopic (exact) mass is 243 g/mol. The topological polar surface area (TPSA) is 60.2 Å². The Balaban J connectivity index is 1.94. The number of nitrogens with zero attached hydrogens (tertiary/aromatic N) is 1. The summed E-state index contributed by atoms with van der Waals surface area (Å²) in [5.74, 6) is 0. The maximum Gasteiger partial charge on any atom is 0.0485 e. The molecule has 0 atom stereocenters. The second-order valence-electron chi connectivity index (χ2n) is 4.65. The first kappa shape index (κ1) is 11.3. The van der Waals surface area contributed by atoms with Gasteiger partial charge in [0.2, 0.25) is 0 Å². The van der Waals surface area contributed by atoms with E-state index in [0.717, 1.165) is 48.2 Å². The van der Waals surface area contributed by atoms with E-state index in [2.05, 4.69) is 10.3 Å². The Hall–Kier alpha value is -1.81. The third-order valence-electron chi connectivity index (χ3n) is 3.43. The number of nitrogen functional groups attached to an aromatic ring is 1. The van der Waals surface area contributed by atoms with Gasteiger partial charge in [-0.3, -0.25) is 4.98 Å². The van der Waals surface area contributed by atoms with Crippen molar-refractivity contribution >= 4 is 22.1 Å². The molecule has 1 aromatic carbocycles. The van der Waals surface area contributed by atoms with Gasteiger partial charge in [-0.25, -0.2) is 0 Å². The molecular formula is C14H17N3O. The van der Waals surface area contributed by atoms with Crippen LogP contribution in [-0.2, 0) is 4.74 Å². The van der Waals surface area contributed by atoms with Crippen LogP contribution < -0.4 is 11.1 Å². The molecule has 1 aliphatic heterocycles. The summed E-state index contributed by atoms with van der Waals surface area (Å²) in [6.07, 6.45) is 5.73. The van der Waals surface area contributed by atoms with Crippen molar-refractivity contribution in [3.63, 3.8) is 0 Å². The molecule has 0 unspecified atom stereocenters. The molecule has 1 aliphatic rings. The van der Waals surface area contributed by atoms with Crippen molar-refractivity contribution in [2.45, 2.75) is 18.9 Å². The zero-order valence-corrected chi connectivity index (χ0v) is 10.2. The van der Waals surface area contributed by atoms with Crippen LogP contribution in [0.5, 0.6) is 0 Å². The van der Waals surface area contributed by atoms with Gasteiger partial charge in [-0.2, -0.15) is 0 Å². The Morgan fingerprint density at radius 1 is 1.17 bits per heavy atom. The molecule has 1 saturated heterocycles. The number of rotatable bonds is 2. The van der Waals surface area contributed by atoms with Gasteiger partial charge in [0.25, 0.3) is 0 Å². The highest BCUT2D eigenvalue weighted by atomic mass is 16.5. The van der Waals surface area contributed by atoms with Gasteiger partial charge in [0, 0.05) is 53.8 Å². The average molecular weight is 243 g/mol. The van der Waals surface area contributed by atoms with E-state index in [0.29, 0.717) is 6.04 Å². The number of nitrogens with two attached hydrogens (primary N) is 1. The maximum atomic E-state index is 5.97. The molecule has 1 fully saturated rings. The molecule has 3 rings (SSSR count). The van der Waals surface area contributed by atoms with Crippen molar-refractivity contribution in [2.75, 3.05) is 24.3 Å². The van der Waals surface area contributed by atoms with Gasteiger partial charge < -0.3 is 15.8 Å². The number of hydrogen-bond acceptors (Lipinski definition) is 4. The number of fused-ring (bicyclic) bond motifs is 1. The fourth-order valence-electron chi connectivity index (χ4n) is 2.40. The van der Waals surface area contributed by atoms with Gasteiger partial charge in [0.05, 0.1) is 0 Å². The Labute approximate surface area is 106 Å². The zero-order valence-electron chi connectivity index (χ0n) is 10.2. The number of benzene rings is 1. The highest BCUT2D eigenvalue weighted by Gasteiger charge is 2.14. The van der Waals surface area contributed by atoms with Crippen LogP contribution in [0, 0.1) is 0 Å². The van der Waals surface area contributed by atoms with E-state index < -0.39 is 0 Å². The molecule has 0 aliphatic carbocycles. The highest BCUT2D eigenvalue weighted by Crippen LogP contribution is 2.28. The number of pyridine rings is 1. The normalized spacial score (nSPS) is 16.9. The van der Waals surface area contributed by atoms with Crippen LogP contribution in [0.1, 0.15) is 12.8 Å². The number of ether oxygens (including phenoxy) is 1. The standard InChI is InChI=1S/C14H17N3O/c15-13-1-2-14(11-3-6-16-9-12(11)13)17-10-4-7-18-8-5-10/h1-3,6,9-10,17H,4-5,7-8,15H2. The Bertz CT molecular complexity index is 550. The van der Waals surface area contributed by atoms with Crippen LogP contribution in [0.2, 0.25) is 0 Å². The summed E-state index contributed by atoms with van der Waals surface area (Å²) in [6.45, 7) is 1.68. The van der Waals surface area contributed by atoms with Crippen molar-refractivity contribution in [1.82, 2.24) is 4.98 Å². The van der Waals surface area contributed by atoms with Crippen molar-refractivity contribution in [3.8, 4) is 0 Å². The lowest BCUT2D eigenvalue weighted by Crippen LogP contribution is -2.27. The Kier molecular flexibility index (Phi) is 3.02. The van der Waals surface area contributed by atoms with Crippen LogP contribution in [0.3, 0.4) is 0 Å². The van der Waals surface area contributed by atoms with Gasteiger partial charge in [-0.05, 0) is 31.0 Å². The molecule has 0 amide bonds. The maximum absolute atomic E-state index is 5.97. The minimum Gasteiger partial charge on any atom is -0.398 e. The second-order valence-corrected chi connectivity index (χ2v) is 4.65. The minimum absolute atomic E-state index is 0.485. The Morgan fingerprint density at radius 2 is 2.00 bits per heavy atom. The van der Waals surface area contributed by atoms with E-state index in [9.17, 15) is 0 Å². The molecule has 0 saturated carbocycles. The highest BCUT2D eigenvalue weighted by molar-refractivity contribution is 6.00. The molecular weight excluding hydrogens is 226 g/mol. The summed E-state index contributed by atoms with van der Waals surface area (Å²) in [5.41, 5.74) is 7.88. The molecule has 0 bridgehead atoms. The number of hydrogen-bond donors (Lipinski definition) is 2. The molecule has 3 N–H and O–H groups in total. The SMILES string of the molecule is Nc1ccc(NC2CCOCC2)c2ccncc12. The fourth-order valence-corrected chi connectivity index (χ4v) is 2.40. The minimum atomic E-state index is 0.485. The molecule has 2 heterocycles. The van der Waals surface area contributed by atoms with Crippen LogP contribution in [0.4, 0.5) is 11.4 Å². The third-order valence-corrected chi connectivity index (χ3v) is 3.43. The van der Waals surface area contributed by atoms with E-state index in [1.54, 1.807) is 6.20 Å². The summed E-state index contributed by atoms with van der Waals surface area (Å²) >= 11 is 0. The van der Waals surface area contributed by atoms with Gasteiger partial charge >= 0.3 is 0 Å². The first-order valence-corrected chi connectivity index (χ1v) is 6.31. The molecule has 0 spiro atoms. The fraction of sp³-hybridized carbons (Fsp3) is 0.357. The van der Waals surface area contributed by atoms with Crippen molar-refractivity contribution in [2.24, 2.45) is 0 Å². The van der Waals surface area contributed by atoms with Gasteiger partial charge in [0.15, 0.2) is 0 Å². The lowest BCUT2D eigenvalue weighted by Gasteiger charge is -2.25. The summed E-state index contributed by atoms with van der Waals surface area (Å²) in [7, 11) is 0. The van der Waals surface area contributed by atoms with Crippen LogP contribution in [-0.4, -0.2) is 24.2 Å². The average Bonchev–Trinajstić information content (AvgIpc) is 2.44. The molecule has 18 heavy (non-hydrogen) atoms. The third kappa shape index (κ3) is 2.11. The lowest BCUT2D eigenvalue weighted by molar-refractivity contribution is 0.0905. The van der Waals surface area contributed by atoms with E-state index >= 15 is 0 Å². The molecule has 1 aromatic heterocycles. The smallest absolute Gasteiger partial charge is 0.0485 e. The summed E-state index contributed by atoms with van der Waals surface area (Å²) in [5, 5.41) is 5.73. The predicted molar refractivity (Wildman–Crippen MR) is 73.6 cm³/mol. The molecule has 4 heteroatoms. The lowest BCUT2D eigenvalue weighted by atomic mass is 10.1. The zero-order chi connectivity index (χ0) is 12.4. The predicted octanol–water partition coefficient (Wildman–Crippen LogP) is 2.41. The van der Waals surface area contributed by atoms with E-state index in [1.165, 1.54) is 0 Å². The molecule has 0 radical (unpaired) electrons. The first-order valence-electron chi connectivity index (χ1n) is 6.31. The second kappa shape index (κ2) is 4.82. The van der Waals surface area contributed by atoms with E-state index in [4.69, 9.17) is 10.5 Å². The quantitative estimate of drug-likeness (QED) is 0.795. The Morgan fingerprint density at radius 3 is 2.83 bits per heavy atom. The van der Waals surface area contributed by atoms with Crippen molar-refractivity contribution in [3.05, 3.63) is 30.6 Å². The molecule has 4 nitrogen and oxygen atoms in total. The largest absolute Gasteiger partial charge is 0.398 e. The molecule has 2 aromatic rings.